The van der Waals surface area contributed by atoms with Crippen LogP contribution in [0.1, 0.15) is 53.9 Å². The Labute approximate surface area is 128 Å². The number of rotatable bonds is 5. The van der Waals surface area contributed by atoms with Gasteiger partial charge < -0.3 is 5.32 Å². The minimum atomic E-state index is 0.308. The minimum Gasteiger partial charge on any atom is -0.313 e. The molecule has 1 atom stereocenters. The first kappa shape index (κ1) is 15.7. The molecule has 0 radical (unpaired) electrons. The van der Waals surface area contributed by atoms with Crippen molar-refractivity contribution in [1.29, 1.82) is 0 Å². The van der Waals surface area contributed by atoms with Gasteiger partial charge in [0.25, 0.3) is 0 Å². The molecular weight excluding hydrogens is 256 g/mol. The molecule has 0 amide bonds. The molecule has 1 aromatic heterocycles. The zero-order valence-corrected chi connectivity index (χ0v) is 13.8. The van der Waals surface area contributed by atoms with Crippen LogP contribution in [0.15, 0.2) is 36.4 Å². The van der Waals surface area contributed by atoms with Crippen LogP contribution < -0.4 is 5.32 Å². The first-order valence-electron chi connectivity index (χ1n) is 7.71. The average molecular weight is 282 g/mol. The maximum atomic E-state index is 4.58. The Balaban J connectivity index is 2.18. The molecule has 2 nitrogen and oxygen atoms in total. The molecular formula is C19H26N2. The van der Waals surface area contributed by atoms with Gasteiger partial charge in [0.15, 0.2) is 0 Å². The van der Waals surface area contributed by atoms with Crippen molar-refractivity contribution in [2.24, 2.45) is 0 Å². The first-order chi connectivity index (χ1) is 10.0. The molecule has 0 saturated carbocycles. The predicted molar refractivity (Wildman–Crippen MR) is 89.7 cm³/mol. The molecule has 1 N–H and O–H groups in total. The van der Waals surface area contributed by atoms with Gasteiger partial charge in [-0.2, -0.15) is 0 Å². The molecule has 112 valence electrons. The van der Waals surface area contributed by atoms with E-state index in [-0.39, 0.29) is 0 Å². The summed E-state index contributed by atoms with van der Waals surface area (Å²) in [5, 5.41) is 3.42. The van der Waals surface area contributed by atoms with Crippen molar-refractivity contribution in [3.63, 3.8) is 0 Å². The van der Waals surface area contributed by atoms with Gasteiger partial charge in [-0.25, -0.2) is 0 Å². The molecule has 2 aromatic rings. The van der Waals surface area contributed by atoms with E-state index < -0.39 is 0 Å². The zero-order chi connectivity index (χ0) is 15.4. The van der Waals surface area contributed by atoms with E-state index in [0.29, 0.717) is 12.0 Å². The number of aryl methyl sites for hydroxylation is 2. The lowest BCUT2D eigenvalue weighted by atomic mass is 9.95. The summed E-state index contributed by atoms with van der Waals surface area (Å²) in [6.07, 6.45) is 0.987. The summed E-state index contributed by atoms with van der Waals surface area (Å²) < 4.78 is 0. The van der Waals surface area contributed by atoms with Gasteiger partial charge >= 0.3 is 0 Å². The van der Waals surface area contributed by atoms with Crippen molar-refractivity contribution in [3.8, 4) is 0 Å². The molecule has 0 aliphatic heterocycles. The number of hydrogen-bond donors (Lipinski definition) is 1. The highest BCUT2D eigenvalue weighted by molar-refractivity contribution is 5.30. The second-order valence-electron chi connectivity index (χ2n) is 6.07. The molecule has 21 heavy (non-hydrogen) atoms. The highest BCUT2D eigenvalue weighted by Gasteiger charge is 2.13. The quantitative estimate of drug-likeness (QED) is 0.883. The normalized spacial score (nSPS) is 12.7. The summed E-state index contributed by atoms with van der Waals surface area (Å²) in [5.74, 6) is 0.586. The van der Waals surface area contributed by atoms with E-state index in [1.165, 1.54) is 16.7 Å². The summed E-state index contributed by atoms with van der Waals surface area (Å²) >= 11 is 0. The standard InChI is InChI=1S/C19H26N2/c1-13(2)17-9-7-16(8-10-17)12-19(20-5)18-11-6-14(3)21-15(18)4/h6-11,13,19-20H,12H2,1-5H3. The van der Waals surface area contributed by atoms with Crippen molar-refractivity contribution < 1.29 is 0 Å². The Morgan fingerprint density at radius 3 is 2.19 bits per heavy atom. The second kappa shape index (κ2) is 6.86. The van der Waals surface area contributed by atoms with Crippen LogP contribution in [-0.2, 0) is 6.42 Å². The number of benzene rings is 1. The van der Waals surface area contributed by atoms with Crippen LogP contribution in [-0.4, -0.2) is 12.0 Å². The van der Waals surface area contributed by atoms with Crippen molar-refractivity contribution in [2.45, 2.75) is 46.1 Å². The van der Waals surface area contributed by atoms with Crippen LogP contribution in [0.5, 0.6) is 0 Å². The largest absolute Gasteiger partial charge is 0.313 e. The van der Waals surface area contributed by atoms with Crippen LogP contribution in [0.4, 0.5) is 0 Å². The second-order valence-corrected chi connectivity index (χ2v) is 6.07. The fourth-order valence-electron chi connectivity index (χ4n) is 2.71. The van der Waals surface area contributed by atoms with E-state index >= 15 is 0 Å². The number of hydrogen-bond acceptors (Lipinski definition) is 2. The molecule has 0 bridgehead atoms. The first-order valence-corrected chi connectivity index (χ1v) is 7.71. The highest BCUT2D eigenvalue weighted by Crippen LogP contribution is 2.22. The maximum Gasteiger partial charge on any atom is 0.0423 e. The van der Waals surface area contributed by atoms with E-state index in [1.807, 2.05) is 14.0 Å². The minimum absolute atomic E-state index is 0.308. The topological polar surface area (TPSA) is 24.9 Å². The van der Waals surface area contributed by atoms with Gasteiger partial charge in [0.1, 0.15) is 0 Å². The lowest BCUT2D eigenvalue weighted by molar-refractivity contribution is 0.585. The maximum absolute atomic E-state index is 4.58. The fourth-order valence-corrected chi connectivity index (χ4v) is 2.71. The lowest BCUT2D eigenvalue weighted by Crippen LogP contribution is -2.20. The van der Waals surface area contributed by atoms with Crippen molar-refractivity contribution in [3.05, 3.63) is 64.5 Å². The summed E-state index contributed by atoms with van der Waals surface area (Å²) in [5.41, 5.74) is 6.24. The molecule has 0 spiro atoms. The van der Waals surface area contributed by atoms with Gasteiger partial charge in [-0.05, 0) is 56.0 Å². The van der Waals surface area contributed by atoms with Gasteiger partial charge in [-0.3, -0.25) is 4.98 Å². The summed E-state index contributed by atoms with van der Waals surface area (Å²) in [6, 6.07) is 13.6. The van der Waals surface area contributed by atoms with Crippen LogP contribution in [0.3, 0.4) is 0 Å². The Bertz CT molecular complexity index is 585. The SMILES string of the molecule is CNC(Cc1ccc(C(C)C)cc1)c1ccc(C)nc1C. The van der Waals surface area contributed by atoms with Crippen LogP contribution in [0.2, 0.25) is 0 Å². The number of nitrogens with one attached hydrogen (secondary N) is 1. The fraction of sp³-hybridized carbons (Fsp3) is 0.421. The number of aromatic nitrogens is 1. The third-order valence-electron chi connectivity index (χ3n) is 4.08. The van der Waals surface area contributed by atoms with Crippen LogP contribution in [0.25, 0.3) is 0 Å². The van der Waals surface area contributed by atoms with Gasteiger partial charge in [0.05, 0.1) is 0 Å². The average Bonchev–Trinajstić information content (AvgIpc) is 2.46. The Hall–Kier alpha value is -1.67. The van der Waals surface area contributed by atoms with Gasteiger partial charge in [-0.15, -0.1) is 0 Å². The molecule has 0 aliphatic rings. The Kier molecular flexibility index (Phi) is 5.13. The van der Waals surface area contributed by atoms with Gasteiger partial charge in [-0.1, -0.05) is 44.2 Å². The lowest BCUT2D eigenvalue weighted by Gasteiger charge is -2.19. The molecule has 0 saturated heterocycles. The summed E-state index contributed by atoms with van der Waals surface area (Å²) in [4.78, 5) is 4.58. The van der Waals surface area contributed by atoms with Crippen molar-refractivity contribution in [1.82, 2.24) is 10.3 Å². The number of pyridine rings is 1. The van der Waals surface area contributed by atoms with Gasteiger partial charge in [0.2, 0.25) is 0 Å². The van der Waals surface area contributed by atoms with Crippen molar-refractivity contribution >= 4 is 0 Å². The Morgan fingerprint density at radius 2 is 1.67 bits per heavy atom. The van der Waals surface area contributed by atoms with E-state index in [0.717, 1.165) is 17.8 Å². The third kappa shape index (κ3) is 3.92. The molecule has 2 heteroatoms. The van der Waals surface area contributed by atoms with Crippen molar-refractivity contribution in [2.75, 3.05) is 7.05 Å². The predicted octanol–water partition coefficient (Wildman–Crippen LogP) is 4.33. The summed E-state index contributed by atoms with van der Waals surface area (Å²) in [7, 11) is 2.02. The van der Waals surface area contributed by atoms with E-state index in [4.69, 9.17) is 0 Å². The number of nitrogens with zero attached hydrogens (tertiary/aromatic N) is 1. The zero-order valence-electron chi connectivity index (χ0n) is 13.8. The summed E-state index contributed by atoms with van der Waals surface area (Å²) in [6.45, 7) is 8.59. The number of likely N-dealkylation sites (N-methyl/N-ethyl adjacent to an activating group) is 1. The van der Waals surface area contributed by atoms with E-state index in [2.05, 4.69) is 67.5 Å². The monoisotopic (exact) mass is 282 g/mol. The van der Waals surface area contributed by atoms with Crippen LogP contribution >= 0.6 is 0 Å². The highest BCUT2D eigenvalue weighted by atomic mass is 14.9. The van der Waals surface area contributed by atoms with E-state index in [1.54, 1.807) is 0 Å². The molecule has 1 unspecified atom stereocenters. The molecule has 1 heterocycles. The molecule has 0 aliphatic carbocycles. The molecule has 1 aromatic carbocycles. The van der Waals surface area contributed by atoms with E-state index in [9.17, 15) is 0 Å². The van der Waals surface area contributed by atoms with Gasteiger partial charge in [0, 0.05) is 17.4 Å². The smallest absolute Gasteiger partial charge is 0.0423 e. The Morgan fingerprint density at radius 1 is 1.00 bits per heavy atom. The molecule has 2 rings (SSSR count). The third-order valence-corrected chi connectivity index (χ3v) is 4.08. The van der Waals surface area contributed by atoms with Crippen LogP contribution in [0, 0.1) is 13.8 Å². The molecule has 0 fully saturated rings.